The van der Waals surface area contributed by atoms with Crippen LogP contribution >= 0.6 is 0 Å². The van der Waals surface area contributed by atoms with Crippen molar-refractivity contribution in [3.63, 3.8) is 0 Å². The summed E-state index contributed by atoms with van der Waals surface area (Å²) in [4.78, 5) is 10.2. The molecule has 1 radical (unpaired) electrons. The number of rotatable bonds is 3. The topological polar surface area (TPSA) is 66.8 Å². The number of aromatic hydroxyl groups is 1. The molecular formula is C10H10NaO4. The van der Waals surface area contributed by atoms with Crippen molar-refractivity contribution < 1.29 is 19.7 Å². The van der Waals surface area contributed by atoms with Crippen LogP contribution in [0.3, 0.4) is 0 Å². The molecule has 4 nitrogen and oxygen atoms in total. The Morgan fingerprint density at radius 3 is 2.60 bits per heavy atom. The molecule has 5 heteroatoms. The summed E-state index contributed by atoms with van der Waals surface area (Å²) in [5, 5.41) is 17.7. The molecule has 0 aliphatic rings. The van der Waals surface area contributed by atoms with E-state index in [9.17, 15) is 9.90 Å². The van der Waals surface area contributed by atoms with Gasteiger partial charge >= 0.3 is 5.97 Å². The van der Waals surface area contributed by atoms with Gasteiger partial charge in [0.25, 0.3) is 0 Å². The van der Waals surface area contributed by atoms with E-state index in [4.69, 9.17) is 9.84 Å². The van der Waals surface area contributed by atoms with Crippen molar-refractivity contribution in [1.29, 1.82) is 0 Å². The molecule has 0 unspecified atom stereocenters. The zero-order valence-electron chi connectivity index (χ0n) is 8.60. The standard InChI is InChI=1S/C10H10O4.Na/c1-14-9-4-2-7(6-8(9)11)3-5-10(12)13;/h2-6,11H,1H3,(H,12,13);/b5-3+;. The van der Waals surface area contributed by atoms with Gasteiger partial charge in [-0.15, -0.1) is 0 Å². The number of aliphatic carboxylic acids is 1. The fourth-order valence-corrected chi connectivity index (χ4v) is 0.978. The number of hydrogen-bond acceptors (Lipinski definition) is 3. The van der Waals surface area contributed by atoms with Crippen LogP contribution in [0.4, 0.5) is 0 Å². The van der Waals surface area contributed by atoms with Crippen LogP contribution in [0.2, 0.25) is 0 Å². The molecule has 0 aliphatic heterocycles. The molecule has 0 aliphatic carbocycles. The molecule has 0 spiro atoms. The molecule has 2 N–H and O–H groups in total. The van der Waals surface area contributed by atoms with Crippen molar-refractivity contribution >= 4 is 41.6 Å². The average Bonchev–Trinajstić information content (AvgIpc) is 2.15. The summed E-state index contributed by atoms with van der Waals surface area (Å²) < 4.78 is 4.84. The third-order valence-corrected chi connectivity index (χ3v) is 1.62. The van der Waals surface area contributed by atoms with Crippen molar-refractivity contribution in [2.24, 2.45) is 0 Å². The molecular weight excluding hydrogens is 207 g/mol. The fourth-order valence-electron chi connectivity index (χ4n) is 0.978. The van der Waals surface area contributed by atoms with Gasteiger partial charge in [-0.3, -0.25) is 0 Å². The Bertz CT molecular complexity index is 374. The van der Waals surface area contributed by atoms with E-state index in [2.05, 4.69) is 0 Å². The van der Waals surface area contributed by atoms with E-state index in [0.717, 1.165) is 6.08 Å². The quantitative estimate of drug-likeness (QED) is 0.588. The van der Waals surface area contributed by atoms with Gasteiger partial charge in [0.2, 0.25) is 0 Å². The largest absolute Gasteiger partial charge is 0.504 e. The molecule has 0 amide bonds. The number of carboxylic acids is 1. The molecule has 0 heterocycles. The first kappa shape index (κ1) is 14.0. The van der Waals surface area contributed by atoms with E-state index in [1.807, 2.05) is 0 Å². The van der Waals surface area contributed by atoms with Crippen LogP contribution in [0, 0.1) is 0 Å². The Balaban J connectivity index is 0.00000196. The summed E-state index contributed by atoms with van der Waals surface area (Å²) in [5.41, 5.74) is 0.603. The third kappa shape index (κ3) is 4.38. The van der Waals surface area contributed by atoms with E-state index in [0.29, 0.717) is 11.3 Å². The van der Waals surface area contributed by atoms with Gasteiger partial charge in [0.15, 0.2) is 11.5 Å². The average molecular weight is 217 g/mol. The summed E-state index contributed by atoms with van der Waals surface area (Å²) >= 11 is 0. The maximum atomic E-state index is 10.2. The van der Waals surface area contributed by atoms with Gasteiger partial charge < -0.3 is 14.9 Å². The molecule has 0 atom stereocenters. The SMILES string of the molecule is COc1ccc(/C=C/C(=O)O)cc1O.[Na]. The molecule has 1 aromatic rings. The minimum Gasteiger partial charge on any atom is -0.504 e. The molecule has 0 aromatic heterocycles. The van der Waals surface area contributed by atoms with Crippen molar-refractivity contribution in [2.45, 2.75) is 0 Å². The van der Waals surface area contributed by atoms with E-state index >= 15 is 0 Å². The second kappa shape index (κ2) is 6.50. The predicted octanol–water partition coefficient (Wildman–Crippen LogP) is 1.12. The first-order valence-electron chi connectivity index (χ1n) is 3.91. The van der Waals surface area contributed by atoms with Crippen LogP contribution in [-0.4, -0.2) is 52.8 Å². The van der Waals surface area contributed by atoms with Crippen molar-refractivity contribution in [3.8, 4) is 11.5 Å². The first-order chi connectivity index (χ1) is 6.63. The molecule has 75 valence electrons. The minimum absolute atomic E-state index is 0. The maximum Gasteiger partial charge on any atom is 0.328 e. The summed E-state index contributed by atoms with van der Waals surface area (Å²) in [6.07, 6.45) is 2.39. The Labute approximate surface area is 109 Å². The normalized spacial score (nSPS) is 9.67. The maximum absolute atomic E-state index is 10.2. The van der Waals surface area contributed by atoms with Crippen LogP contribution in [0.15, 0.2) is 24.3 Å². The number of ether oxygens (including phenoxy) is 1. The number of phenolic OH excluding ortho intramolecular Hbond substituents is 1. The monoisotopic (exact) mass is 217 g/mol. The van der Waals surface area contributed by atoms with E-state index in [1.54, 1.807) is 12.1 Å². The number of carboxylic acid groups (broad SMARTS) is 1. The smallest absolute Gasteiger partial charge is 0.328 e. The second-order valence-electron chi connectivity index (χ2n) is 2.60. The van der Waals surface area contributed by atoms with Crippen LogP contribution in [0.1, 0.15) is 5.56 Å². The van der Waals surface area contributed by atoms with Gasteiger partial charge in [0.1, 0.15) is 0 Å². The van der Waals surface area contributed by atoms with Crippen molar-refractivity contribution in [1.82, 2.24) is 0 Å². The van der Waals surface area contributed by atoms with Gasteiger partial charge in [0, 0.05) is 35.6 Å². The second-order valence-corrected chi connectivity index (χ2v) is 2.60. The molecule has 0 fully saturated rings. The molecule has 1 rings (SSSR count). The van der Waals surface area contributed by atoms with Gasteiger partial charge in [-0.1, -0.05) is 6.07 Å². The Kier molecular flexibility index (Phi) is 6.08. The summed E-state index contributed by atoms with van der Waals surface area (Å²) in [7, 11) is 1.45. The third-order valence-electron chi connectivity index (χ3n) is 1.62. The molecule has 15 heavy (non-hydrogen) atoms. The van der Waals surface area contributed by atoms with E-state index in [-0.39, 0.29) is 35.3 Å². The van der Waals surface area contributed by atoms with Crippen LogP contribution in [0.5, 0.6) is 11.5 Å². The molecule has 0 saturated carbocycles. The van der Waals surface area contributed by atoms with Gasteiger partial charge in [-0.2, -0.15) is 0 Å². The van der Waals surface area contributed by atoms with Gasteiger partial charge in [-0.25, -0.2) is 4.79 Å². The van der Waals surface area contributed by atoms with Crippen LogP contribution in [-0.2, 0) is 4.79 Å². The summed E-state index contributed by atoms with van der Waals surface area (Å²) in [6.45, 7) is 0. The van der Waals surface area contributed by atoms with E-state index < -0.39 is 5.97 Å². The van der Waals surface area contributed by atoms with Crippen molar-refractivity contribution in [3.05, 3.63) is 29.8 Å². The number of carbonyl (C=O) groups is 1. The van der Waals surface area contributed by atoms with Gasteiger partial charge in [0.05, 0.1) is 7.11 Å². The molecule has 1 aromatic carbocycles. The van der Waals surface area contributed by atoms with Crippen molar-refractivity contribution in [2.75, 3.05) is 7.11 Å². The van der Waals surface area contributed by atoms with Crippen LogP contribution in [0.25, 0.3) is 6.08 Å². The summed E-state index contributed by atoms with van der Waals surface area (Å²) in [6, 6.07) is 4.65. The Morgan fingerprint density at radius 1 is 1.47 bits per heavy atom. The number of phenols is 1. The Hall–Kier alpha value is -0.970. The predicted molar refractivity (Wildman–Crippen MR) is 57.1 cm³/mol. The van der Waals surface area contributed by atoms with Gasteiger partial charge in [-0.05, 0) is 23.8 Å². The molecule has 0 saturated heterocycles. The summed E-state index contributed by atoms with van der Waals surface area (Å²) in [5.74, 6) is -0.683. The number of benzene rings is 1. The Morgan fingerprint density at radius 2 is 2.13 bits per heavy atom. The zero-order chi connectivity index (χ0) is 10.6. The van der Waals surface area contributed by atoms with Crippen LogP contribution < -0.4 is 4.74 Å². The van der Waals surface area contributed by atoms with E-state index in [1.165, 1.54) is 19.3 Å². The molecule has 0 bridgehead atoms. The zero-order valence-corrected chi connectivity index (χ0v) is 10.6. The minimum atomic E-state index is -1.03. The fraction of sp³-hybridized carbons (Fsp3) is 0.100. The number of methoxy groups -OCH3 is 1. The number of hydrogen-bond donors (Lipinski definition) is 2. The first-order valence-corrected chi connectivity index (χ1v) is 3.91.